The molecule has 4 heteroatoms. The van der Waals surface area contributed by atoms with Crippen LogP contribution in [0.4, 0.5) is 0 Å². The van der Waals surface area contributed by atoms with Crippen molar-refractivity contribution in [1.29, 1.82) is 0 Å². The lowest BCUT2D eigenvalue weighted by Gasteiger charge is -2.35. The molecule has 2 aliphatic rings. The molecule has 1 saturated carbocycles. The third-order valence-corrected chi connectivity index (χ3v) is 5.38. The summed E-state index contributed by atoms with van der Waals surface area (Å²) in [4.78, 5) is 24.7. The van der Waals surface area contributed by atoms with E-state index in [1.165, 1.54) is 5.56 Å². The second-order valence-electron chi connectivity index (χ2n) is 6.95. The Morgan fingerprint density at radius 3 is 2.61 bits per heavy atom. The summed E-state index contributed by atoms with van der Waals surface area (Å²) in [5.74, 6) is -0.151. The molecule has 1 aromatic carbocycles. The Kier molecular flexibility index (Phi) is 4.69. The predicted molar refractivity (Wildman–Crippen MR) is 89.7 cm³/mol. The summed E-state index contributed by atoms with van der Waals surface area (Å²) >= 11 is 0. The number of hydrogen-bond donors (Lipinski definition) is 2. The normalized spacial score (nSPS) is 26.6. The Morgan fingerprint density at radius 1 is 1.26 bits per heavy atom. The third kappa shape index (κ3) is 3.41. The molecule has 2 amide bonds. The van der Waals surface area contributed by atoms with Crippen molar-refractivity contribution < 1.29 is 9.59 Å². The molecule has 1 aliphatic heterocycles. The van der Waals surface area contributed by atoms with Crippen LogP contribution in [0.1, 0.15) is 57.4 Å². The SMILES string of the molecule is CC[C@@H]1C[C@H](C(=O)NC2(c3ccccc3)CCCC2)CC(=O)N1. The van der Waals surface area contributed by atoms with Gasteiger partial charge in [-0.15, -0.1) is 0 Å². The maximum atomic E-state index is 12.8. The molecule has 23 heavy (non-hydrogen) atoms. The van der Waals surface area contributed by atoms with E-state index in [0.29, 0.717) is 6.42 Å². The zero-order valence-corrected chi connectivity index (χ0v) is 13.8. The minimum atomic E-state index is -0.242. The average Bonchev–Trinajstić information content (AvgIpc) is 3.04. The number of benzene rings is 1. The van der Waals surface area contributed by atoms with Gasteiger partial charge in [0.05, 0.1) is 5.54 Å². The Balaban J connectivity index is 1.76. The van der Waals surface area contributed by atoms with Crippen molar-refractivity contribution in [1.82, 2.24) is 10.6 Å². The summed E-state index contributed by atoms with van der Waals surface area (Å²) < 4.78 is 0. The van der Waals surface area contributed by atoms with Crippen LogP contribution < -0.4 is 10.6 Å². The van der Waals surface area contributed by atoms with Gasteiger partial charge in [-0.1, -0.05) is 50.1 Å². The van der Waals surface area contributed by atoms with E-state index < -0.39 is 0 Å². The summed E-state index contributed by atoms with van der Waals surface area (Å²) in [6.07, 6.45) is 6.18. The van der Waals surface area contributed by atoms with Crippen LogP contribution in [0.5, 0.6) is 0 Å². The van der Waals surface area contributed by atoms with Crippen LogP contribution in [0.2, 0.25) is 0 Å². The second-order valence-corrected chi connectivity index (χ2v) is 6.95. The molecule has 0 bridgehead atoms. The van der Waals surface area contributed by atoms with Crippen LogP contribution in [0.15, 0.2) is 30.3 Å². The first-order chi connectivity index (χ1) is 11.1. The van der Waals surface area contributed by atoms with Gasteiger partial charge in [-0.2, -0.15) is 0 Å². The van der Waals surface area contributed by atoms with E-state index in [-0.39, 0.29) is 29.3 Å². The Morgan fingerprint density at radius 2 is 1.96 bits per heavy atom. The standard InChI is InChI=1S/C19H26N2O2/c1-2-16-12-14(13-17(22)20-16)18(23)21-19(10-6-7-11-19)15-8-4-3-5-9-15/h3-5,8-9,14,16H,2,6-7,10-13H2,1H3,(H,20,22)(H,21,23)/t14-,16+/m0/s1. The number of piperidine rings is 1. The summed E-state index contributed by atoms with van der Waals surface area (Å²) in [6, 6.07) is 10.4. The van der Waals surface area contributed by atoms with Gasteiger partial charge in [0, 0.05) is 18.4 Å². The summed E-state index contributed by atoms with van der Waals surface area (Å²) in [5, 5.41) is 6.29. The van der Waals surface area contributed by atoms with Crippen LogP contribution in [0, 0.1) is 5.92 Å². The van der Waals surface area contributed by atoms with Crippen molar-refractivity contribution in [2.45, 2.75) is 63.5 Å². The number of carbonyl (C=O) groups excluding carboxylic acids is 2. The predicted octanol–water partition coefficient (Wildman–Crippen LogP) is 2.88. The molecule has 4 nitrogen and oxygen atoms in total. The van der Waals surface area contributed by atoms with Crippen molar-refractivity contribution in [2.75, 3.05) is 0 Å². The molecule has 0 spiro atoms. The number of amides is 2. The third-order valence-electron chi connectivity index (χ3n) is 5.38. The number of rotatable bonds is 4. The highest BCUT2D eigenvalue weighted by atomic mass is 16.2. The minimum absolute atomic E-state index is 0.00318. The van der Waals surface area contributed by atoms with E-state index in [0.717, 1.165) is 38.5 Å². The fourth-order valence-corrected chi connectivity index (χ4v) is 4.02. The van der Waals surface area contributed by atoms with E-state index in [1.807, 2.05) is 25.1 Å². The van der Waals surface area contributed by atoms with E-state index in [2.05, 4.69) is 22.8 Å². The van der Waals surface area contributed by atoms with Crippen LogP contribution in [0.25, 0.3) is 0 Å². The van der Waals surface area contributed by atoms with Gasteiger partial charge in [0.1, 0.15) is 0 Å². The van der Waals surface area contributed by atoms with Crippen LogP contribution in [0.3, 0.4) is 0 Å². The molecule has 1 heterocycles. The quantitative estimate of drug-likeness (QED) is 0.898. The van der Waals surface area contributed by atoms with Crippen molar-refractivity contribution in [2.24, 2.45) is 5.92 Å². The molecule has 0 aromatic heterocycles. The highest BCUT2D eigenvalue weighted by Crippen LogP contribution is 2.39. The van der Waals surface area contributed by atoms with Crippen molar-refractivity contribution >= 4 is 11.8 Å². The molecule has 124 valence electrons. The molecular formula is C19H26N2O2. The lowest BCUT2D eigenvalue weighted by atomic mass is 9.85. The summed E-state index contributed by atoms with van der Waals surface area (Å²) in [6.45, 7) is 2.05. The molecule has 0 radical (unpaired) electrons. The van der Waals surface area contributed by atoms with Crippen molar-refractivity contribution in [3.05, 3.63) is 35.9 Å². The maximum absolute atomic E-state index is 12.8. The van der Waals surface area contributed by atoms with Crippen molar-refractivity contribution in [3.8, 4) is 0 Å². The van der Waals surface area contributed by atoms with Gasteiger partial charge in [0.15, 0.2) is 0 Å². The largest absolute Gasteiger partial charge is 0.353 e. The Labute approximate surface area is 138 Å². The fraction of sp³-hybridized carbons (Fsp3) is 0.579. The second kappa shape index (κ2) is 6.73. The molecule has 1 aromatic rings. The zero-order valence-electron chi connectivity index (χ0n) is 13.8. The highest BCUT2D eigenvalue weighted by Gasteiger charge is 2.39. The molecule has 3 rings (SSSR count). The minimum Gasteiger partial charge on any atom is -0.353 e. The maximum Gasteiger partial charge on any atom is 0.224 e. The molecule has 2 N–H and O–H groups in total. The highest BCUT2D eigenvalue weighted by molar-refractivity contribution is 5.87. The van der Waals surface area contributed by atoms with Gasteiger partial charge in [-0.3, -0.25) is 9.59 Å². The molecule has 2 fully saturated rings. The molecule has 2 atom stereocenters. The first kappa shape index (κ1) is 16.0. The zero-order chi connectivity index (χ0) is 16.3. The number of carbonyl (C=O) groups is 2. The smallest absolute Gasteiger partial charge is 0.224 e. The van der Waals surface area contributed by atoms with E-state index in [9.17, 15) is 9.59 Å². The Hall–Kier alpha value is -1.84. The average molecular weight is 314 g/mol. The lowest BCUT2D eigenvalue weighted by molar-refractivity contribution is -0.134. The van der Waals surface area contributed by atoms with Crippen molar-refractivity contribution in [3.63, 3.8) is 0 Å². The molecule has 1 saturated heterocycles. The van der Waals surface area contributed by atoms with Gasteiger partial charge in [-0.05, 0) is 31.2 Å². The fourth-order valence-electron chi connectivity index (χ4n) is 4.02. The van der Waals surface area contributed by atoms with Crippen LogP contribution in [-0.4, -0.2) is 17.9 Å². The van der Waals surface area contributed by atoms with Crippen LogP contribution >= 0.6 is 0 Å². The summed E-state index contributed by atoms with van der Waals surface area (Å²) in [5.41, 5.74) is 0.951. The first-order valence-electron chi connectivity index (χ1n) is 8.80. The Bertz CT molecular complexity index is 564. The number of hydrogen-bond acceptors (Lipinski definition) is 2. The van der Waals surface area contributed by atoms with Gasteiger partial charge < -0.3 is 10.6 Å². The molecule has 0 unspecified atom stereocenters. The van der Waals surface area contributed by atoms with E-state index >= 15 is 0 Å². The van der Waals surface area contributed by atoms with Gasteiger partial charge in [0.2, 0.25) is 11.8 Å². The van der Waals surface area contributed by atoms with Gasteiger partial charge >= 0.3 is 0 Å². The van der Waals surface area contributed by atoms with Gasteiger partial charge in [0.25, 0.3) is 0 Å². The first-order valence-corrected chi connectivity index (χ1v) is 8.80. The van der Waals surface area contributed by atoms with Crippen LogP contribution in [-0.2, 0) is 15.1 Å². The number of nitrogens with one attached hydrogen (secondary N) is 2. The van der Waals surface area contributed by atoms with E-state index in [4.69, 9.17) is 0 Å². The monoisotopic (exact) mass is 314 g/mol. The molecular weight excluding hydrogens is 288 g/mol. The lowest BCUT2D eigenvalue weighted by Crippen LogP contribution is -2.51. The summed E-state index contributed by atoms with van der Waals surface area (Å²) in [7, 11) is 0. The van der Waals surface area contributed by atoms with E-state index in [1.54, 1.807) is 0 Å². The van der Waals surface area contributed by atoms with Gasteiger partial charge in [-0.25, -0.2) is 0 Å². The molecule has 1 aliphatic carbocycles. The topological polar surface area (TPSA) is 58.2 Å².